The summed E-state index contributed by atoms with van der Waals surface area (Å²) in [6.07, 6.45) is 4.15. The van der Waals surface area contributed by atoms with Crippen LogP contribution >= 0.6 is 0 Å². The van der Waals surface area contributed by atoms with E-state index in [2.05, 4.69) is 22.1 Å². The Hall–Kier alpha value is -2.95. The van der Waals surface area contributed by atoms with Gasteiger partial charge in [-0.15, -0.1) is 0 Å². The predicted molar refractivity (Wildman–Crippen MR) is 108 cm³/mol. The molecule has 0 bridgehead atoms. The topological polar surface area (TPSA) is 58.1 Å². The first kappa shape index (κ1) is 17.5. The number of piperidine rings is 1. The van der Waals surface area contributed by atoms with Crippen molar-refractivity contribution in [3.8, 4) is 0 Å². The second kappa shape index (κ2) is 7.74. The number of nitrogens with one attached hydrogen (secondary N) is 1. The largest absolute Gasteiger partial charge is 0.356 e. The number of benzene rings is 1. The minimum atomic E-state index is -0.0921. The molecule has 4 rings (SSSR count). The molecule has 0 aliphatic carbocycles. The molecule has 3 aromatic rings. The maximum atomic E-state index is 12.9. The summed E-state index contributed by atoms with van der Waals surface area (Å²) >= 11 is 0. The van der Waals surface area contributed by atoms with Gasteiger partial charge in [0.1, 0.15) is 5.82 Å². The van der Waals surface area contributed by atoms with Crippen LogP contribution in [0.4, 0.5) is 5.82 Å². The van der Waals surface area contributed by atoms with Crippen LogP contribution in [0, 0.1) is 5.92 Å². The number of pyridine rings is 2. The molecule has 1 N–H and O–H groups in total. The fraction of sp³-hybridized carbons (Fsp3) is 0.318. The van der Waals surface area contributed by atoms with Gasteiger partial charge in [0.2, 0.25) is 0 Å². The van der Waals surface area contributed by atoms with Gasteiger partial charge in [-0.1, -0.05) is 31.2 Å². The van der Waals surface area contributed by atoms with Crippen molar-refractivity contribution in [1.82, 2.24) is 15.3 Å². The van der Waals surface area contributed by atoms with Crippen LogP contribution in [-0.2, 0) is 6.54 Å². The van der Waals surface area contributed by atoms with Crippen LogP contribution in [0.2, 0.25) is 0 Å². The van der Waals surface area contributed by atoms with Gasteiger partial charge in [-0.3, -0.25) is 9.78 Å². The van der Waals surface area contributed by atoms with Crippen molar-refractivity contribution in [2.75, 3.05) is 18.0 Å². The van der Waals surface area contributed by atoms with Gasteiger partial charge < -0.3 is 10.2 Å². The van der Waals surface area contributed by atoms with Gasteiger partial charge in [-0.2, -0.15) is 0 Å². The monoisotopic (exact) mass is 360 g/mol. The van der Waals surface area contributed by atoms with E-state index in [9.17, 15) is 4.79 Å². The fourth-order valence-electron chi connectivity index (χ4n) is 3.68. The van der Waals surface area contributed by atoms with E-state index >= 15 is 0 Å². The van der Waals surface area contributed by atoms with E-state index in [1.54, 1.807) is 6.20 Å². The number of rotatable bonds is 4. The number of nitrogens with zero attached hydrogens (tertiary/aromatic N) is 3. The number of anilines is 1. The molecular formula is C22H24N4O. The van der Waals surface area contributed by atoms with E-state index in [0.717, 1.165) is 41.9 Å². The molecule has 138 valence electrons. The molecule has 1 aliphatic rings. The molecule has 0 radical (unpaired) electrons. The first-order valence-corrected chi connectivity index (χ1v) is 9.53. The number of hydrogen-bond acceptors (Lipinski definition) is 4. The molecule has 5 nitrogen and oxygen atoms in total. The number of amides is 1. The number of hydrogen-bond donors (Lipinski definition) is 1. The van der Waals surface area contributed by atoms with Gasteiger partial charge in [0.15, 0.2) is 0 Å². The SMILES string of the molecule is CC1CCCN(c2cc(C(=O)NCc3ccccn3)c3ccccc3n2)C1. The summed E-state index contributed by atoms with van der Waals surface area (Å²) in [5.41, 5.74) is 2.37. The molecule has 0 saturated carbocycles. The van der Waals surface area contributed by atoms with Gasteiger partial charge in [0, 0.05) is 24.7 Å². The highest BCUT2D eigenvalue weighted by Crippen LogP contribution is 2.26. The van der Waals surface area contributed by atoms with E-state index in [-0.39, 0.29) is 5.91 Å². The van der Waals surface area contributed by atoms with Crippen LogP contribution in [0.15, 0.2) is 54.7 Å². The Morgan fingerprint density at radius 2 is 2.07 bits per heavy atom. The lowest BCUT2D eigenvalue weighted by Gasteiger charge is -2.32. The molecule has 0 spiro atoms. The second-order valence-corrected chi connectivity index (χ2v) is 7.24. The first-order valence-electron chi connectivity index (χ1n) is 9.53. The number of aromatic nitrogens is 2. The molecule has 1 unspecified atom stereocenters. The van der Waals surface area contributed by atoms with Gasteiger partial charge in [-0.25, -0.2) is 4.98 Å². The van der Waals surface area contributed by atoms with Crippen LogP contribution in [0.25, 0.3) is 10.9 Å². The normalized spacial score (nSPS) is 17.1. The Morgan fingerprint density at radius 3 is 2.89 bits per heavy atom. The second-order valence-electron chi connectivity index (χ2n) is 7.24. The zero-order valence-electron chi connectivity index (χ0n) is 15.6. The van der Waals surface area contributed by atoms with Crippen molar-refractivity contribution in [1.29, 1.82) is 0 Å². The van der Waals surface area contributed by atoms with Crippen molar-refractivity contribution in [2.24, 2.45) is 5.92 Å². The summed E-state index contributed by atoms with van der Waals surface area (Å²) in [5, 5.41) is 3.88. The molecular weight excluding hydrogens is 336 g/mol. The summed E-state index contributed by atoms with van der Waals surface area (Å²) in [6, 6.07) is 15.5. The van der Waals surface area contributed by atoms with Crippen LogP contribution in [0.5, 0.6) is 0 Å². The van der Waals surface area contributed by atoms with Crippen molar-refractivity contribution in [3.63, 3.8) is 0 Å². The lowest BCUT2D eigenvalue weighted by atomic mass is 10.00. The van der Waals surface area contributed by atoms with Crippen LogP contribution in [0.3, 0.4) is 0 Å². The van der Waals surface area contributed by atoms with Gasteiger partial charge in [0.05, 0.1) is 23.3 Å². The van der Waals surface area contributed by atoms with Crippen LogP contribution < -0.4 is 10.2 Å². The number of carbonyl (C=O) groups excluding carboxylic acids is 1. The molecule has 1 aromatic carbocycles. The van der Waals surface area contributed by atoms with E-state index in [1.807, 2.05) is 48.5 Å². The highest BCUT2D eigenvalue weighted by Gasteiger charge is 2.20. The van der Waals surface area contributed by atoms with Crippen molar-refractivity contribution in [3.05, 3.63) is 66.0 Å². The average Bonchev–Trinajstić information content (AvgIpc) is 2.72. The average molecular weight is 360 g/mol. The van der Waals surface area contributed by atoms with Crippen LogP contribution in [-0.4, -0.2) is 29.0 Å². The quantitative estimate of drug-likeness (QED) is 0.769. The van der Waals surface area contributed by atoms with E-state index in [0.29, 0.717) is 18.0 Å². The van der Waals surface area contributed by atoms with E-state index in [4.69, 9.17) is 4.98 Å². The lowest BCUT2D eigenvalue weighted by Crippen LogP contribution is -2.35. The highest BCUT2D eigenvalue weighted by atomic mass is 16.1. The van der Waals surface area contributed by atoms with Gasteiger partial charge in [-0.05, 0) is 43.0 Å². The maximum absolute atomic E-state index is 12.9. The van der Waals surface area contributed by atoms with Gasteiger partial charge >= 0.3 is 0 Å². The summed E-state index contributed by atoms with van der Waals surface area (Å²) in [4.78, 5) is 24.3. The Bertz CT molecular complexity index is 941. The summed E-state index contributed by atoms with van der Waals surface area (Å²) in [7, 11) is 0. The smallest absolute Gasteiger partial charge is 0.252 e. The van der Waals surface area contributed by atoms with Crippen molar-refractivity contribution >= 4 is 22.6 Å². The molecule has 3 heterocycles. The third-order valence-electron chi connectivity index (χ3n) is 5.08. The summed E-state index contributed by atoms with van der Waals surface area (Å²) in [5.74, 6) is 1.45. The summed E-state index contributed by atoms with van der Waals surface area (Å²) in [6.45, 7) is 4.66. The maximum Gasteiger partial charge on any atom is 0.252 e. The lowest BCUT2D eigenvalue weighted by molar-refractivity contribution is 0.0952. The van der Waals surface area contributed by atoms with E-state index in [1.165, 1.54) is 6.42 Å². The summed E-state index contributed by atoms with van der Waals surface area (Å²) < 4.78 is 0. The zero-order valence-corrected chi connectivity index (χ0v) is 15.6. The molecule has 2 aromatic heterocycles. The Balaban J connectivity index is 1.64. The number of fused-ring (bicyclic) bond motifs is 1. The number of carbonyl (C=O) groups is 1. The predicted octanol–water partition coefficient (Wildman–Crippen LogP) is 3.80. The molecule has 1 saturated heterocycles. The van der Waals surface area contributed by atoms with Crippen LogP contribution in [0.1, 0.15) is 35.8 Å². The zero-order chi connectivity index (χ0) is 18.6. The minimum Gasteiger partial charge on any atom is -0.356 e. The molecule has 1 fully saturated rings. The minimum absolute atomic E-state index is 0.0921. The van der Waals surface area contributed by atoms with Crippen molar-refractivity contribution in [2.45, 2.75) is 26.3 Å². The molecule has 1 atom stereocenters. The standard InChI is InChI=1S/C22H24N4O/c1-16-7-6-12-26(15-16)21-13-19(18-9-2-3-10-20(18)25-21)22(27)24-14-17-8-4-5-11-23-17/h2-5,8-11,13,16H,6-7,12,14-15H2,1H3,(H,24,27). The highest BCUT2D eigenvalue weighted by molar-refractivity contribution is 6.07. The first-order chi connectivity index (χ1) is 13.2. The van der Waals surface area contributed by atoms with E-state index < -0.39 is 0 Å². The molecule has 5 heteroatoms. The Morgan fingerprint density at radius 1 is 1.22 bits per heavy atom. The number of para-hydroxylation sites is 1. The molecule has 1 aliphatic heterocycles. The fourth-order valence-corrected chi connectivity index (χ4v) is 3.68. The third-order valence-corrected chi connectivity index (χ3v) is 5.08. The Kier molecular flexibility index (Phi) is 5.01. The third kappa shape index (κ3) is 3.92. The van der Waals surface area contributed by atoms with Crippen molar-refractivity contribution < 1.29 is 4.79 Å². The Labute approximate surface area is 159 Å². The molecule has 27 heavy (non-hydrogen) atoms. The molecule has 1 amide bonds. The van der Waals surface area contributed by atoms with Gasteiger partial charge in [0.25, 0.3) is 5.91 Å².